The number of amides is 3. The van der Waals surface area contributed by atoms with Gasteiger partial charge in [-0.15, -0.1) is 0 Å². The smallest absolute Gasteiger partial charge is 0.260 e. The number of benzene rings is 3. The van der Waals surface area contributed by atoms with E-state index in [2.05, 4.69) is 22.4 Å². The summed E-state index contributed by atoms with van der Waals surface area (Å²) >= 11 is 0. The molecule has 37 heavy (non-hydrogen) atoms. The van der Waals surface area contributed by atoms with Crippen molar-refractivity contribution in [3.8, 4) is 0 Å². The van der Waals surface area contributed by atoms with Gasteiger partial charge in [0.1, 0.15) is 6.17 Å². The molecule has 2 N–H and O–H groups in total. The normalized spacial score (nSPS) is 19.9. The Bertz CT molecular complexity index is 1590. The van der Waals surface area contributed by atoms with Crippen LogP contribution in [0.5, 0.6) is 0 Å². The zero-order valence-corrected chi connectivity index (χ0v) is 20.2. The van der Waals surface area contributed by atoms with Crippen LogP contribution in [0.1, 0.15) is 69.0 Å². The van der Waals surface area contributed by atoms with Gasteiger partial charge in [0.2, 0.25) is 5.91 Å². The average Bonchev–Trinajstić information content (AvgIpc) is 3.45. The summed E-state index contributed by atoms with van der Waals surface area (Å²) in [7, 11) is 0. The number of hydrogen-bond acceptors (Lipinski definition) is 3. The Morgan fingerprint density at radius 1 is 0.919 bits per heavy atom. The highest BCUT2D eigenvalue weighted by atomic mass is 16.2. The first kappa shape index (κ1) is 21.9. The fourth-order valence-corrected chi connectivity index (χ4v) is 6.25. The van der Waals surface area contributed by atoms with Gasteiger partial charge in [-0.1, -0.05) is 48.5 Å². The SMILES string of the molecule is O=C(CCN1C(=O)c2ccccc2N2C(=O)c3ccccc3[C@H]12)N[C@@H]1CCCc2c1[nH]c1ccccc21. The van der Waals surface area contributed by atoms with Crippen LogP contribution in [0, 0.1) is 0 Å². The summed E-state index contributed by atoms with van der Waals surface area (Å²) in [6.07, 6.45) is 2.49. The van der Waals surface area contributed by atoms with Crippen LogP contribution >= 0.6 is 0 Å². The number of carbonyl (C=O) groups is 3. The lowest BCUT2D eigenvalue weighted by atomic mass is 9.91. The summed E-state index contributed by atoms with van der Waals surface area (Å²) in [5.41, 5.74) is 5.96. The van der Waals surface area contributed by atoms with Gasteiger partial charge < -0.3 is 15.2 Å². The van der Waals surface area contributed by atoms with Crippen molar-refractivity contribution in [1.29, 1.82) is 0 Å². The van der Waals surface area contributed by atoms with Crippen molar-refractivity contribution in [3.05, 3.63) is 101 Å². The third-order valence-corrected chi connectivity index (χ3v) is 7.91. The highest BCUT2D eigenvalue weighted by molar-refractivity contribution is 6.16. The maximum atomic E-state index is 13.6. The van der Waals surface area contributed by atoms with E-state index >= 15 is 0 Å². The van der Waals surface area contributed by atoms with Gasteiger partial charge in [0.05, 0.1) is 17.3 Å². The predicted molar refractivity (Wildman–Crippen MR) is 140 cm³/mol. The third kappa shape index (κ3) is 3.30. The highest BCUT2D eigenvalue weighted by Gasteiger charge is 2.47. The maximum Gasteiger partial charge on any atom is 0.260 e. The molecular weight excluding hydrogens is 464 g/mol. The molecule has 3 aliphatic rings. The molecule has 2 aliphatic heterocycles. The number of H-pyrrole nitrogens is 1. The summed E-state index contributed by atoms with van der Waals surface area (Å²) in [5.74, 6) is -0.388. The van der Waals surface area contributed by atoms with Crippen LogP contribution in [0.3, 0.4) is 0 Å². The van der Waals surface area contributed by atoms with Crippen molar-refractivity contribution in [2.45, 2.75) is 37.9 Å². The zero-order valence-electron chi connectivity index (χ0n) is 20.2. The highest BCUT2D eigenvalue weighted by Crippen LogP contribution is 2.45. The number of fused-ring (bicyclic) bond motifs is 8. The Morgan fingerprint density at radius 2 is 1.68 bits per heavy atom. The number of aromatic nitrogens is 1. The molecule has 0 saturated heterocycles. The van der Waals surface area contributed by atoms with Crippen LogP contribution in [0.15, 0.2) is 72.8 Å². The molecule has 1 aliphatic carbocycles. The van der Waals surface area contributed by atoms with Crippen LogP contribution in [0.2, 0.25) is 0 Å². The minimum atomic E-state index is -0.547. The van der Waals surface area contributed by atoms with E-state index in [0.717, 1.165) is 36.0 Å². The molecule has 0 unspecified atom stereocenters. The summed E-state index contributed by atoms with van der Waals surface area (Å²) in [5, 5.41) is 4.43. The minimum Gasteiger partial charge on any atom is -0.356 e. The second-order valence-electron chi connectivity index (χ2n) is 9.98. The van der Waals surface area contributed by atoms with E-state index < -0.39 is 6.17 Å². The number of nitrogens with zero attached hydrogens (tertiary/aromatic N) is 2. The molecule has 7 nitrogen and oxygen atoms in total. The molecule has 2 atom stereocenters. The van der Waals surface area contributed by atoms with Gasteiger partial charge in [0.25, 0.3) is 11.8 Å². The predicted octanol–water partition coefficient (Wildman–Crippen LogP) is 4.87. The standard InChI is InChI=1S/C30H26N4O3/c35-26(31-24-14-7-12-19-18-8-3-5-13-23(18)32-27(19)24)16-17-33-28-20-9-1-2-10-21(20)30(37)34(28)25-15-6-4-11-22(25)29(33)36/h1-6,8-11,13,15,24,28,32H,7,12,14,16-17H2,(H,31,35)/t24-,28-/m1/s1. The fraction of sp³-hybridized carbons (Fsp3) is 0.233. The van der Waals surface area contributed by atoms with E-state index in [0.29, 0.717) is 16.8 Å². The Morgan fingerprint density at radius 3 is 2.57 bits per heavy atom. The number of carbonyl (C=O) groups excluding carboxylic acids is 3. The molecule has 0 fully saturated rings. The van der Waals surface area contributed by atoms with Crippen molar-refractivity contribution < 1.29 is 14.4 Å². The van der Waals surface area contributed by atoms with Gasteiger partial charge in [-0.25, -0.2) is 0 Å². The molecule has 0 bridgehead atoms. The quantitative estimate of drug-likeness (QED) is 0.428. The zero-order chi connectivity index (χ0) is 25.1. The molecule has 4 aromatic rings. The Labute approximate surface area is 214 Å². The van der Waals surface area contributed by atoms with E-state index in [1.54, 1.807) is 28.0 Å². The second-order valence-corrected chi connectivity index (χ2v) is 9.98. The van der Waals surface area contributed by atoms with Crippen LogP contribution < -0.4 is 10.2 Å². The monoisotopic (exact) mass is 490 g/mol. The van der Waals surface area contributed by atoms with Gasteiger partial charge in [-0.3, -0.25) is 19.3 Å². The summed E-state index contributed by atoms with van der Waals surface area (Å²) in [6, 6.07) is 22.8. The second kappa shape index (κ2) is 8.34. The molecule has 7 rings (SSSR count). The average molecular weight is 491 g/mol. The molecular formula is C30H26N4O3. The summed E-state index contributed by atoms with van der Waals surface area (Å²) < 4.78 is 0. The first-order chi connectivity index (χ1) is 18.1. The Hall–Kier alpha value is -4.39. The van der Waals surface area contributed by atoms with Crippen LogP contribution in [-0.4, -0.2) is 34.2 Å². The lowest BCUT2D eigenvalue weighted by Gasteiger charge is -2.40. The largest absolute Gasteiger partial charge is 0.356 e. The fourth-order valence-electron chi connectivity index (χ4n) is 6.25. The summed E-state index contributed by atoms with van der Waals surface area (Å²) in [6.45, 7) is 0.216. The van der Waals surface area contributed by atoms with Crippen molar-refractivity contribution >= 4 is 34.3 Å². The number of aromatic amines is 1. The topological polar surface area (TPSA) is 85.5 Å². The molecule has 184 valence electrons. The third-order valence-electron chi connectivity index (χ3n) is 7.91. The number of para-hydroxylation sites is 2. The maximum absolute atomic E-state index is 13.6. The van der Waals surface area contributed by atoms with Crippen molar-refractivity contribution in [3.63, 3.8) is 0 Å². The molecule has 0 radical (unpaired) electrons. The van der Waals surface area contributed by atoms with E-state index in [4.69, 9.17) is 0 Å². The van der Waals surface area contributed by atoms with Crippen molar-refractivity contribution in [2.24, 2.45) is 0 Å². The number of rotatable bonds is 4. The molecule has 0 spiro atoms. The van der Waals surface area contributed by atoms with Gasteiger partial charge in [-0.2, -0.15) is 0 Å². The number of aryl methyl sites for hydroxylation is 1. The van der Waals surface area contributed by atoms with Crippen LogP contribution in [0.25, 0.3) is 10.9 Å². The van der Waals surface area contributed by atoms with Gasteiger partial charge in [0.15, 0.2) is 0 Å². The van der Waals surface area contributed by atoms with E-state index in [1.165, 1.54) is 10.9 Å². The molecule has 3 heterocycles. The van der Waals surface area contributed by atoms with Crippen LogP contribution in [-0.2, 0) is 11.2 Å². The summed E-state index contributed by atoms with van der Waals surface area (Å²) in [4.78, 5) is 47.0. The van der Waals surface area contributed by atoms with E-state index in [9.17, 15) is 14.4 Å². The molecule has 3 aromatic carbocycles. The minimum absolute atomic E-state index is 0.0771. The lowest BCUT2D eigenvalue weighted by molar-refractivity contribution is -0.122. The number of anilines is 1. The first-order valence-electron chi connectivity index (χ1n) is 12.8. The van der Waals surface area contributed by atoms with E-state index in [-0.39, 0.29) is 36.7 Å². The molecule has 1 aromatic heterocycles. The van der Waals surface area contributed by atoms with Gasteiger partial charge in [0, 0.05) is 40.7 Å². The van der Waals surface area contributed by atoms with Gasteiger partial charge in [-0.05, 0) is 49.1 Å². The molecule has 3 amide bonds. The van der Waals surface area contributed by atoms with Crippen molar-refractivity contribution in [1.82, 2.24) is 15.2 Å². The van der Waals surface area contributed by atoms with Gasteiger partial charge >= 0.3 is 0 Å². The van der Waals surface area contributed by atoms with Crippen LogP contribution in [0.4, 0.5) is 5.69 Å². The Balaban J connectivity index is 1.15. The lowest BCUT2D eigenvalue weighted by Crippen LogP contribution is -2.49. The first-order valence-corrected chi connectivity index (χ1v) is 12.8. The van der Waals surface area contributed by atoms with E-state index in [1.807, 2.05) is 42.5 Å². The van der Waals surface area contributed by atoms with Crippen molar-refractivity contribution in [2.75, 3.05) is 11.4 Å². The molecule has 0 saturated carbocycles. The molecule has 7 heteroatoms. The Kier molecular flexibility index (Phi) is 4.92. The number of hydrogen-bond donors (Lipinski definition) is 2. The number of nitrogens with one attached hydrogen (secondary N) is 2.